The third kappa shape index (κ3) is 6.82. The molecule has 0 amide bonds. The standard InChI is InChI=1S/C58H69N3S/c1-38-30-40(3)52(41(4)31-38)60(45-26-27-49-48(35-45)57(12)28-18-15-19-29-58(57,13)61(49)44-20-16-14-17-21-44)47-33-39(2)32-46(34-47)59(43-24-22-42(23-25-43)54(5,6)7)50-36-62-53-51(50)55(8,9)37-56(53,10)11/h14,16-17,20-27,30-36H,15,18-19,28-29,37H2,1-13H3. The molecule has 1 aromatic heterocycles. The maximum absolute atomic E-state index is 2.71. The van der Waals surface area contributed by atoms with Crippen molar-refractivity contribution in [2.24, 2.45) is 0 Å². The predicted molar refractivity (Wildman–Crippen MR) is 269 cm³/mol. The average molecular weight is 840 g/mol. The number of nitrogens with zero attached hydrogens (tertiary/aromatic N) is 3. The lowest BCUT2D eigenvalue weighted by atomic mass is 9.66. The van der Waals surface area contributed by atoms with Gasteiger partial charge >= 0.3 is 0 Å². The molecule has 0 spiro atoms. The molecule has 0 N–H and O–H groups in total. The van der Waals surface area contributed by atoms with Crippen molar-refractivity contribution in [2.75, 3.05) is 14.7 Å². The molecule has 3 aliphatic rings. The molecule has 322 valence electrons. The summed E-state index contributed by atoms with van der Waals surface area (Å²) in [6.45, 7) is 30.9. The van der Waals surface area contributed by atoms with Crippen LogP contribution in [0.2, 0.25) is 0 Å². The van der Waals surface area contributed by atoms with Crippen LogP contribution < -0.4 is 14.7 Å². The van der Waals surface area contributed by atoms with Gasteiger partial charge in [0.1, 0.15) is 0 Å². The highest BCUT2D eigenvalue weighted by Crippen LogP contribution is 2.62. The number of fused-ring (bicyclic) bond motifs is 4. The van der Waals surface area contributed by atoms with E-state index >= 15 is 0 Å². The quantitative estimate of drug-likeness (QED) is 0.159. The molecule has 9 rings (SSSR count). The molecular formula is C58H69N3S. The first-order valence-corrected chi connectivity index (χ1v) is 24.1. The van der Waals surface area contributed by atoms with Crippen LogP contribution in [0.1, 0.15) is 145 Å². The Morgan fingerprint density at radius 1 is 0.597 bits per heavy atom. The van der Waals surface area contributed by atoms with Gasteiger partial charge < -0.3 is 14.7 Å². The molecule has 6 aromatic rings. The van der Waals surface area contributed by atoms with Crippen molar-refractivity contribution in [1.82, 2.24) is 0 Å². The van der Waals surface area contributed by atoms with E-state index in [4.69, 9.17) is 0 Å². The maximum Gasteiger partial charge on any atom is 0.0609 e. The summed E-state index contributed by atoms with van der Waals surface area (Å²) in [7, 11) is 0. The second-order valence-electron chi connectivity index (χ2n) is 22.1. The summed E-state index contributed by atoms with van der Waals surface area (Å²) >= 11 is 1.95. The van der Waals surface area contributed by atoms with Crippen LogP contribution in [0, 0.1) is 27.7 Å². The molecule has 5 aromatic carbocycles. The van der Waals surface area contributed by atoms with Crippen LogP contribution >= 0.6 is 11.3 Å². The Morgan fingerprint density at radius 2 is 1.21 bits per heavy atom. The summed E-state index contributed by atoms with van der Waals surface area (Å²) in [5, 5.41) is 2.45. The van der Waals surface area contributed by atoms with Gasteiger partial charge in [-0.2, -0.15) is 0 Å². The lowest BCUT2D eigenvalue weighted by molar-refractivity contribution is 0.261. The van der Waals surface area contributed by atoms with E-state index in [0.29, 0.717) is 0 Å². The zero-order valence-electron chi connectivity index (χ0n) is 39.9. The highest BCUT2D eigenvalue weighted by molar-refractivity contribution is 7.11. The number of benzene rings is 5. The molecule has 0 bridgehead atoms. The SMILES string of the molecule is Cc1cc(N(c2ccc(C(C)(C)C)cc2)c2csc3c2C(C)(C)CC3(C)C)cc(N(c2ccc3c(c2)C2(C)CCCCCC2(C)N3c2ccccc2)c2c(C)cc(C)cc2C)c1. The third-order valence-electron chi connectivity index (χ3n) is 15.2. The van der Waals surface area contributed by atoms with Gasteiger partial charge in [0, 0.05) is 55.2 Å². The third-order valence-corrected chi connectivity index (χ3v) is 16.5. The van der Waals surface area contributed by atoms with E-state index in [0.717, 1.165) is 6.42 Å². The fraction of sp³-hybridized carbons (Fsp3) is 0.414. The molecule has 62 heavy (non-hydrogen) atoms. The van der Waals surface area contributed by atoms with Crippen molar-refractivity contribution in [3.8, 4) is 0 Å². The summed E-state index contributed by atoms with van der Waals surface area (Å²) in [4.78, 5) is 9.40. The molecule has 2 aliphatic carbocycles. The Kier molecular flexibility index (Phi) is 10.2. The van der Waals surface area contributed by atoms with Gasteiger partial charge in [-0.15, -0.1) is 11.3 Å². The van der Waals surface area contributed by atoms with Crippen molar-refractivity contribution in [3.05, 3.63) is 152 Å². The van der Waals surface area contributed by atoms with Gasteiger partial charge in [0.05, 0.1) is 16.9 Å². The minimum Gasteiger partial charge on any atom is -0.334 e. The number of hydrogen-bond donors (Lipinski definition) is 0. The van der Waals surface area contributed by atoms with Gasteiger partial charge in [-0.1, -0.05) is 123 Å². The zero-order chi connectivity index (χ0) is 44.1. The maximum atomic E-state index is 2.71. The fourth-order valence-corrected chi connectivity index (χ4v) is 13.8. The van der Waals surface area contributed by atoms with Crippen LogP contribution in [0.4, 0.5) is 45.5 Å². The van der Waals surface area contributed by atoms with Gasteiger partial charge in [-0.3, -0.25) is 0 Å². The van der Waals surface area contributed by atoms with Crippen molar-refractivity contribution in [2.45, 2.75) is 156 Å². The molecule has 4 heteroatoms. The second-order valence-corrected chi connectivity index (χ2v) is 22.9. The molecule has 1 aliphatic heterocycles. The summed E-state index contributed by atoms with van der Waals surface area (Å²) < 4.78 is 0. The summed E-state index contributed by atoms with van der Waals surface area (Å²) in [5.41, 5.74) is 19.7. The van der Waals surface area contributed by atoms with E-state index in [2.05, 4.69) is 213 Å². The van der Waals surface area contributed by atoms with E-state index < -0.39 is 0 Å². The van der Waals surface area contributed by atoms with Gasteiger partial charge in [0.15, 0.2) is 0 Å². The summed E-state index contributed by atoms with van der Waals surface area (Å²) in [5.74, 6) is 0. The number of para-hydroxylation sites is 1. The monoisotopic (exact) mass is 840 g/mol. The Morgan fingerprint density at radius 3 is 1.87 bits per heavy atom. The van der Waals surface area contributed by atoms with Crippen LogP contribution in [-0.4, -0.2) is 5.54 Å². The molecular weight excluding hydrogens is 771 g/mol. The van der Waals surface area contributed by atoms with Crippen molar-refractivity contribution < 1.29 is 0 Å². The van der Waals surface area contributed by atoms with E-state index in [-0.39, 0.29) is 27.2 Å². The second kappa shape index (κ2) is 14.9. The molecule has 2 heterocycles. The molecule has 1 fully saturated rings. The van der Waals surface area contributed by atoms with Gasteiger partial charge in [-0.05, 0) is 159 Å². The smallest absolute Gasteiger partial charge is 0.0609 e. The molecule has 0 saturated heterocycles. The molecule has 3 nitrogen and oxygen atoms in total. The van der Waals surface area contributed by atoms with Gasteiger partial charge in [0.2, 0.25) is 0 Å². The lowest BCUT2D eigenvalue weighted by Crippen LogP contribution is -2.52. The number of anilines is 8. The van der Waals surface area contributed by atoms with Gasteiger partial charge in [-0.25, -0.2) is 0 Å². The highest BCUT2D eigenvalue weighted by atomic mass is 32.1. The normalized spacial score (nSPS) is 21.3. The van der Waals surface area contributed by atoms with Crippen molar-refractivity contribution >= 4 is 56.8 Å². The number of thiophene rings is 1. The minimum absolute atomic E-state index is 0.0125. The van der Waals surface area contributed by atoms with Crippen LogP contribution in [0.3, 0.4) is 0 Å². The average Bonchev–Trinajstić information content (AvgIpc) is 3.74. The minimum atomic E-state index is -0.0327. The Balaban J connectivity index is 1.28. The predicted octanol–water partition coefficient (Wildman–Crippen LogP) is 17.3. The lowest BCUT2D eigenvalue weighted by Gasteiger charge is -2.46. The van der Waals surface area contributed by atoms with Crippen LogP contribution in [0.15, 0.2) is 109 Å². The highest BCUT2D eigenvalue weighted by Gasteiger charge is 2.57. The Bertz CT molecular complexity index is 2640. The summed E-state index contributed by atoms with van der Waals surface area (Å²) in [6.07, 6.45) is 7.31. The Labute approximate surface area is 377 Å². The molecule has 2 unspecified atom stereocenters. The van der Waals surface area contributed by atoms with Crippen molar-refractivity contribution in [3.63, 3.8) is 0 Å². The van der Waals surface area contributed by atoms with Gasteiger partial charge in [0.25, 0.3) is 0 Å². The van der Waals surface area contributed by atoms with Crippen molar-refractivity contribution in [1.29, 1.82) is 0 Å². The zero-order valence-corrected chi connectivity index (χ0v) is 40.7. The topological polar surface area (TPSA) is 9.72 Å². The van der Waals surface area contributed by atoms with Crippen LogP contribution in [0.25, 0.3) is 0 Å². The first kappa shape index (κ1) is 42.5. The first-order valence-electron chi connectivity index (χ1n) is 23.3. The number of rotatable bonds is 7. The van der Waals surface area contributed by atoms with E-state index in [1.54, 1.807) is 0 Å². The Hall–Kier alpha value is -4.80. The van der Waals surface area contributed by atoms with E-state index in [1.807, 2.05) is 11.3 Å². The fourth-order valence-electron chi connectivity index (χ4n) is 12.4. The molecule has 0 radical (unpaired) electrons. The number of hydrogen-bond acceptors (Lipinski definition) is 4. The van der Waals surface area contributed by atoms with E-state index in [1.165, 1.54) is 121 Å². The molecule has 2 atom stereocenters. The summed E-state index contributed by atoms with van der Waals surface area (Å²) in [6, 6.07) is 40.0. The number of aryl methyl sites for hydroxylation is 4. The molecule has 1 saturated carbocycles. The first-order chi connectivity index (χ1) is 29.2. The van der Waals surface area contributed by atoms with Crippen LogP contribution in [-0.2, 0) is 21.7 Å². The van der Waals surface area contributed by atoms with Crippen LogP contribution in [0.5, 0.6) is 0 Å². The van der Waals surface area contributed by atoms with E-state index in [9.17, 15) is 0 Å². The largest absolute Gasteiger partial charge is 0.334 e.